The van der Waals surface area contributed by atoms with Gasteiger partial charge in [0.2, 0.25) is 0 Å². The van der Waals surface area contributed by atoms with E-state index in [4.69, 9.17) is 0 Å². The van der Waals surface area contributed by atoms with E-state index in [1.165, 1.54) is 38.0 Å². The molecular weight excluding hydrogens is 216 g/mol. The normalized spacial score (nSPS) is 25.2. The number of nitrogens with zero attached hydrogens (tertiary/aromatic N) is 1. The molecule has 0 radical (unpaired) electrons. The van der Waals surface area contributed by atoms with Gasteiger partial charge in [0.05, 0.1) is 0 Å². The third-order valence-corrected chi connectivity index (χ3v) is 4.28. The van der Waals surface area contributed by atoms with Crippen molar-refractivity contribution in [3.05, 3.63) is 22.4 Å². The van der Waals surface area contributed by atoms with Gasteiger partial charge in [-0.2, -0.15) is 11.3 Å². The smallest absolute Gasteiger partial charge is 0.0328 e. The van der Waals surface area contributed by atoms with E-state index in [2.05, 4.69) is 40.9 Å². The van der Waals surface area contributed by atoms with Crippen molar-refractivity contribution in [1.82, 2.24) is 10.2 Å². The van der Waals surface area contributed by atoms with Crippen LogP contribution in [0.15, 0.2) is 16.8 Å². The Morgan fingerprint density at radius 1 is 1.62 bits per heavy atom. The quantitative estimate of drug-likeness (QED) is 0.871. The van der Waals surface area contributed by atoms with Gasteiger partial charge < -0.3 is 5.32 Å². The molecule has 0 amide bonds. The van der Waals surface area contributed by atoms with Crippen molar-refractivity contribution in [1.29, 1.82) is 0 Å². The van der Waals surface area contributed by atoms with Gasteiger partial charge in [-0.3, -0.25) is 4.90 Å². The highest BCUT2D eigenvalue weighted by Crippen LogP contribution is 2.23. The summed E-state index contributed by atoms with van der Waals surface area (Å²) in [6, 6.07) is 3.50. The van der Waals surface area contributed by atoms with Crippen LogP contribution in [-0.2, 0) is 0 Å². The second kappa shape index (κ2) is 5.80. The summed E-state index contributed by atoms with van der Waals surface area (Å²) in [5.74, 6) is 0. The number of nitrogens with one attached hydrogen (secondary N) is 1. The number of thiophene rings is 1. The Kier molecular flexibility index (Phi) is 4.38. The maximum absolute atomic E-state index is 3.62. The fourth-order valence-corrected chi connectivity index (χ4v) is 3.12. The third-order valence-electron chi connectivity index (χ3n) is 3.58. The van der Waals surface area contributed by atoms with Crippen molar-refractivity contribution in [2.45, 2.75) is 38.8 Å². The lowest BCUT2D eigenvalue weighted by atomic mass is 10.1. The second-order valence-corrected chi connectivity index (χ2v) is 5.42. The van der Waals surface area contributed by atoms with E-state index in [0.717, 1.165) is 0 Å². The zero-order valence-electron chi connectivity index (χ0n) is 10.3. The van der Waals surface area contributed by atoms with Crippen molar-refractivity contribution in [2.24, 2.45) is 0 Å². The van der Waals surface area contributed by atoms with Crippen molar-refractivity contribution in [3.63, 3.8) is 0 Å². The molecule has 1 aliphatic rings. The molecule has 1 N–H and O–H groups in total. The monoisotopic (exact) mass is 238 g/mol. The predicted molar refractivity (Wildman–Crippen MR) is 71.0 cm³/mol. The molecule has 0 saturated carbocycles. The average molecular weight is 238 g/mol. The highest BCUT2D eigenvalue weighted by Gasteiger charge is 2.21. The van der Waals surface area contributed by atoms with Crippen LogP contribution in [0.4, 0.5) is 0 Å². The molecular formula is C13H22N2S. The SMILES string of the molecule is CCC1CN(C(C)c2ccsc2)CCCN1. The van der Waals surface area contributed by atoms with E-state index in [0.29, 0.717) is 12.1 Å². The molecule has 0 spiro atoms. The molecule has 3 heteroatoms. The summed E-state index contributed by atoms with van der Waals surface area (Å²) < 4.78 is 0. The van der Waals surface area contributed by atoms with Gasteiger partial charge in [0.15, 0.2) is 0 Å². The van der Waals surface area contributed by atoms with Crippen LogP contribution in [0.3, 0.4) is 0 Å². The summed E-state index contributed by atoms with van der Waals surface area (Å²) in [6.07, 6.45) is 2.50. The standard InChI is InChI=1S/C13H22N2S/c1-3-13-9-15(7-4-6-14-13)11(2)12-5-8-16-10-12/h5,8,10-11,13-14H,3-4,6-7,9H2,1-2H3. The Balaban J connectivity index is 2.01. The van der Waals surface area contributed by atoms with Crippen LogP contribution in [0.1, 0.15) is 38.3 Å². The first-order valence-electron chi connectivity index (χ1n) is 6.30. The van der Waals surface area contributed by atoms with Crippen molar-refractivity contribution >= 4 is 11.3 Å². The molecule has 1 aromatic rings. The fraction of sp³-hybridized carbons (Fsp3) is 0.692. The minimum Gasteiger partial charge on any atom is -0.313 e. The molecule has 1 saturated heterocycles. The Hall–Kier alpha value is -0.380. The van der Waals surface area contributed by atoms with Gasteiger partial charge in [0.25, 0.3) is 0 Å². The van der Waals surface area contributed by atoms with Gasteiger partial charge in [0.1, 0.15) is 0 Å². The van der Waals surface area contributed by atoms with Crippen LogP contribution >= 0.6 is 11.3 Å². The maximum Gasteiger partial charge on any atom is 0.0328 e. The zero-order valence-corrected chi connectivity index (χ0v) is 11.1. The van der Waals surface area contributed by atoms with Crippen molar-refractivity contribution in [2.75, 3.05) is 19.6 Å². The van der Waals surface area contributed by atoms with E-state index in [1.54, 1.807) is 11.3 Å². The number of rotatable bonds is 3. The average Bonchev–Trinajstić information content (AvgIpc) is 2.73. The molecule has 0 aliphatic carbocycles. The van der Waals surface area contributed by atoms with E-state index >= 15 is 0 Å². The van der Waals surface area contributed by atoms with E-state index < -0.39 is 0 Å². The second-order valence-electron chi connectivity index (χ2n) is 4.64. The summed E-state index contributed by atoms with van der Waals surface area (Å²) >= 11 is 1.80. The van der Waals surface area contributed by atoms with E-state index in [9.17, 15) is 0 Å². The molecule has 1 aromatic heterocycles. The molecule has 2 atom stereocenters. The first kappa shape index (κ1) is 12.1. The van der Waals surface area contributed by atoms with Crippen LogP contribution in [-0.4, -0.2) is 30.6 Å². The van der Waals surface area contributed by atoms with Crippen molar-refractivity contribution in [3.8, 4) is 0 Å². The molecule has 2 nitrogen and oxygen atoms in total. The molecule has 0 aromatic carbocycles. The van der Waals surface area contributed by atoms with Crippen LogP contribution in [0.5, 0.6) is 0 Å². The summed E-state index contributed by atoms with van der Waals surface area (Å²) in [7, 11) is 0. The van der Waals surface area contributed by atoms with Gasteiger partial charge in [-0.1, -0.05) is 6.92 Å². The van der Waals surface area contributed by atoms with Gasteiger partial charge in [-0.25, -0.2) is 0 Å². The Morgan fingerprint density at radius 2 is 2.50 bits per heavy atom. The maximum atomic E-state index is 3.62. The molecule has 1 aliphatic heterocycles. The number of hydrogen-bond acceptors (Lipinski definition) is 3. The summed E-state index contributed by atoms with van der Waals surface area (Å²) in [6.45, 7) is 8.19. The van der Waals surface area contributed by atoms with Crippen LogP contribution in [0, 0.1) is 0 Å². The third kappa shape index (κ3) is 2.84. The predicted octanol–water partition coefficient (Wildman–Crippen LogP) is 2.88. The highest BCUT2D eigenvalue weighted by molar-refractivity contribution is 7.07. The lowest BCUT2D eigenvalue weighted by Crippen LogP contribution is -2.38. The molecule has 1 fully saturated rings. The highest BCUT2D eigenvalue weighted by atomic mass is 32.1. The topological polar surface area (TPSA) is 15.3 Å². The van der Waals surface area contributed by atoms with Gasteiger partial charge in [0, 0.05) is 25.2 Å². The zero-order chi connectivity index (χ0) is 11.4. The van der Waals surface area contributed by atoms with E-state index in [-0.39, 0.29) is 0 Å². The first-order valence-corrected chi connectivity index (χ1v) is 7.25. The summed E-state index contributed by atoms with van der Waals surface area (Å²) in [5.41, 5.74) is 1.47. The van der Waals surface area contributed by atoms with Crippen LogP contribution in [0.25, 0.3) is 0 Å². The lowest BCUT2D eigenvalue weighted by Gasteiger charge is -2.29. The van der Waals surface area contributed by atoms with Crippen molar-refractivity contribution < 1.29 is 0 Å². The van der Waals surface area contributed by atoms with Gasteiger partial charge >= 0.3 is 0 Å². The summed E-state index contributed by atoms with van der Waals surface area (Å²) in [4.78, 5) is 2.62. The Labute approximate surface area is 103 Å². The minimum absolute atomic E-state index is 0.570. The number of hydrogen-bond donors (Lipinski definition) is 1. The molecule has 16 heavy (non-hydrogen) atoms. The van der Waals surface area contributed by atoms with Crippen LogP contribution in [0.2, 0.25) is 0 Å². The van der Waals surface area contributed by atoms with Gasteiger partial charge in [-0.15, -0.1) is 0 Å². The summed E-state index contributed by atoms with van der Waals surface area (Å²) in [5, 5.41) is 8.08. The Bertz CT molecular complexity index is 297. The van der Waals surface area contributed by atoms with Crippen LogP contribution < -0.4 is 5.32 Å². The lowest BCUT2D eigenvalue weighted by molar-refractivity contribution is 0.205. The molecule has 2 rings (SSSR count). The fourth-order valence-electron chi connectivity index (χ4n) is 2.38. The molecule has 0 bridgehead atoms. The first-order chi connectivity index (χ1) is 7.81. The minimum atomic E-state index is 0.570. The largest absolute Gasteiger partial charge is 0.313 e. The molecule has 2 unspecified atom stereocenters. The Morgan fingerprint density at radius 3 is 3.19 bits per heavy atom. The van der Waals surface area contributed by atoms with E-state index in [1.807, 2.05) is 0 Å². The molecule has 90 valence electrons. The molecule has 2 heterocycles. The van der Waals surface area contributed by atoms with Gasteiger partial charge in [-0.05, 0) is 48.7 Å².